The van der Waals surface area contributed by atoms with Crippen LogP contribution < -0.4 is 4.74 Å². The van der Waals surface area contributed by atoms with Crippen molar-refractivity contribution >= 4 is 0 Å². The molecule has 0 saturated carbocycles. The van der Waals surface area contributed by atoms with Gasteiger partial charge in [0, 0.05) is 6.92 Å². The van der Waals surface area contributed by atoms with Gasteiger partial charge in [-0.25, -0.2) is 0 Å². The number of ether oxygens (including phenoxy) is 2. The lowest BCUT2D eigenvalue weighted by Crippen LogP contribution is -2.71. The molecule has 0 radical (unpaired) electrons. The Morgan fingerprint density at radius 3 is 1.80 bits per heavy atom. The molecule has 0 aliphatic carbocycles. The van der Waals surface area contributed by atoms with Crippen molar-refractivity contribution in [2.45, 2.75) is 66.8 Å². The Hall–Kier alpha value is -1.84. The maximum absolute atomic E-state index is 7.12. The van der Waals surface area contributed by atoms with Crippen LogP contribution in [0.2, 0.25) is 0 Å². The number of rotatable bonds is 9. The zero-order chi connectivity index (χ0) is 22.6. The van der Waals surface area contributed by atoms with Crippen molar-refractivity contribution in [3.05, 3.63) is 66.2 Å². The highest BCUT2D eigenvalue weighted by Gasteiger charge is 2.63. The third-order valence-electron chi connectivity index (χ3n) is 6.19. The Morgan fingerprint density at radius 2 is 1.33 bits per heavy atom. The molecule has 0 N–H and O–H groups in total. The summed E-state index contributed by atoms with van der Waals surface area (Å²) >= 11 is 0. The predicted molar refractivity (Wildman–Crippen MR) is 126 cm³/mol. The highest BCUT2D eigenvalue weighted by Crippen LogP contribution is 2.54. The zero-order valence-corrected chi connectivity index (χ0v) is 20.5. The largest absolute Gasteiger partial charge is 0.436 e. The minimum Gasteiger partial charge on any atom is -0.436 e. The van der Waals surface area contributed by atoms with E-state index in [-0.39, 0.29) is 17.1 Å². The molecule has 2 aromatic carbocycles. The minimum absolute atomic E-state index is 0.0573. The van der Waals surface area contributed by atoms with Crippen molar-refractivity contribution in [3.63, 3.8) is 0 Å². The first kappa shape index (κ1) is 24.4. The lowest BCUT2D eigenvalue weighted by molar-refractivity contribution is -1.02. The van der Waals surface area contributed by atoms with Crippen LogP contribution in [-0.2, 0) is 10.5 Å². The summed E-state index contributed by atoms with van der Waals surface area (Å²) in [5, 5.41) is 0. The van der Waals surface area contributed by atoms with Crippen molar-refractivity contribution in [2.75, 3.05) is 20.7 Å². The molecule has 2 unspecified atom stereocenters. The average molecular weight is 413 g/mol. The second kappa shape index (κ2) is 9.11. The number of para-hydroxylation sites is 1. The molecule has 0 bridgehead atoms. The van der Waals surface area contributed by atoms with Crippen molar-refractivity contribution in [1.82, 2.24) is 0 Å². The van der Waals surface area contributed by atoms with Crippen molar-refractivity contribution in [1.29, 1.82) is 0 Å². The summed E-state index contributed by atoms with van der Waals surface area (Å²) in [4.78, 5) is 0. The molecule has 2 rings (SSSR count). The third kappa shape index (κ3) is 4.90. The van der Waals surface area contributed by atoms with Gasteiger partial charge in [-0.15, -0.1) is 0 Å². The van der Waals surface area contributed by atoms with E-state index in [0.717, 1.165) is 12.2 Å². The van der Waals surface area contributed by atoms with E-state index in [2.05, 4.69) is 105 Å². The van der Waals surface area contributed by atoms with E-state index in [1.54, 1.807) is 0 Å². The normalized spacial score (nSPS) is 16.0. The van der Waals surface area contributed by atoms with Crippen molar-refractivity contribution < 1.29 is 14.0 Å². The number of hydrogen-bond donors (Lipinski definition) is 0. The molecule has 30 heavy (non-hydrogen) atoms. The Bertz CT molecular complexity index is 778. The third-order valence-corrected chi connectivity index (χ3v) is 6.19. The molecule has 0 spiro atoms. The Morgan fingerprint density at radius 1 is 0.833 bits per heavy atom. The minimum atomic E-state index is -0.669. The first-order valence-electron chi connectivity index (χ1n) is 11.1. The Kier molecular flexibility index (Phi) is 7.42. The zero-order valence-electron chi connectivity index (χ0n) is 20.5. The van der Waals surface area contributed by atoms with Gasteiger partial charge < -0.3 is 9.47 Å². The number of benzene rings is 2. The fraction of sp³-hybridized carbons (Fsp3) is 0.556. The second-order valence-electron chi connectivity index (χ2n) is 10.6. The number of quaternary nitrogens is 1. The molecule has 0 aromatic heterocycles. The molecule has 166 valence electrons. The van der Waals surface area contributed by atoms with E-state index >= 15 is 0 Å². The van der Waals surface area contributed by atoms with Gasteiger partial charge in [0.15, 0.2) is 6.23 Å². The summed E-state index contributed by atoms with van der Waals surface area (Å²) < 4.78 is 13.9. The quantitative estimate of drug-likeness (QED) is 0.331. The second-order valence-corrected chi connectivity index (χ2v) is 10.6. The monoisotopic (exact) mass is 412 g/mol. The summed E-state index contributed by atoms with van der Waals surface area (Å²) in [6, 6.07) is 20.9. The van der Waals surface area contributed by atoms with Gasteiger partial charge in [0.1, 0.15) is 5.75 Å². The van der Waals surface area contributed by atoms with Crippen LogP contribution in [0, 0.1) is 10.8 Å². The molecular formula is C27H42NO2+. The van der Waals surface area contributed by atoms with Crippen LogP contribution >= 0.6 is 0 Å². The maximum atomic E-state index is 7.12. The summed E-state index contributed by atoms with van der Waals surface area (Å²) in [5.41, 5.74) is 0.424. The first-order valence-corrected chi connectivity index (χ1v) is 11.1. The Labute approximate surface area is 184 Å². The molecular weight excluding hydrogens is 370 g/mol. The molecule has 2 aromatic rings. The summed E-state index contributed by atoms with van der Waals surface area (Å²) in [7, 11) is 4.47. The topological polar surface area (TPSA) is 18.5 Å². The van der Waals surface area contributed by atoms with Gasteiger partial charge in [0.2, 0.25) is 0 Å². The van der Waals surface area contributed by atoms with E-state index < -0.39 is 5.72 Å². The van der Waals surface area contributed by atoms with Crippen LogP contribution in [-0.4, -0.2) is 31.4 Å². The number of nitrogens with zero attached hydrogens (tertiary/aromatic N) is 1. The van der Waals surface area contributed by atoms with Gasteiger partial charge in [-0.3, -0.25) is 4.48 Å². The molecule has 0 saturated heterocycles. The molecule has 3 heteroatoms. The van der Waals surface area contributed by atoms with Crippen LogP contribution in [0.4, 0.5) is 0 Å². The van der Waals surface area contributed by atoms with Crippen LogP contribution in [0.15, 0.2) is 60.7 Å². The summed E-state index contributed by atoms with van der Waals surface area (Å²) in [6.45, 7) is 16.5. The first-order chi connectivity index (χ1) is 13.9. The van der Waals surface area contributed by atoms with Crippen LogP contribution in [0.1, 0.15) is 60.5 Å². The Balaban J connectivity index is 2.83. The van der Waals surface area contributed by atoms with Gasteiger partial charge in [-0.1, -0.05) is 57.2 Å². The van der Waals surface area contributed by atoms with E-state index in [9.17, 15) is 0 Å². The van der Waals surface area contributed by atoms with Gasteiger partial charge in [0.05, 0.1) is 31.7 Å². The van der Waals surface area contributed by atoms with E-state index in [0.29, 0.717) is 11.1 Å². The lowest BCUT2D eigenvalue weighted by atomic mass is 9.66. The molecule has 3 nitrogen and oxygen atoms in total. The lowest BCUT2D eigenvalue weighted by Gasteiger charge is -2.58. The fourth-order valence-corrected chi connectivity index (χ4v) is 5.27. The molecule has 0 fully saturated rings. The molecule has 0 aliphatic rings. The maximum Gasteiger partial charge on any atom is 0.276 e. The van der Waals surface area contributed by atoms with E-state index in [4.69, 9.17) is 9.47 Å². The molecule has 2 atom stereocenters. The van der Waals surface area contributed by atoms with Crippen molar-refractivity contribution in [2.24, 2.45) is 10.8 Å². The molecule has 0 amide bonds. The standard InChI is InChI=1S/C27H42NO2/c1-10-29-22(2)28(8,9)27(23-17-13-11-14-18-23,26(6,7)21-25(3,4)5)30-24-19-15-12-16-20-24/h11-20,22H,10,21H2,1-9H3/q+1. The average Bonchev–Trinajstić information content (AvgIpc) is 2.65. The van der Waals surface area contributed by atoms with Gasteiger partial charge in [0.25, 0.3) is 5.72 Å². The summed E-state index contributed by atoms with van der Waals surface area (Å²) in [5.74, 6) is 0.873. The van der Waals surface area contributed by atoms with Gasteiger partial charge in [-0.2, -0.15) is 0 Å². The highest BCUT2D eigenvalue weighted by molar-refractivity contribution is 5.28. The van der Waals surface area contributed by atoms with E-state index in [1.807, 2.05) is 18.2 Å². The van der Waals surface area contributed by atoms with Crippen molar-refractivity contribution in [3.8, 4) is 5.75 Å². The van der Waals surface area contributed by atoms with Crippen LogP contribution in [0.25, 0.3) is 0 Å². The van der Waals surface area contributed by atoms with Gasteiger partial charge in [-0.05, 0) is 56.9 Å². The predicted octanol–water partition coefficient (Wildman–Crippen LogP) is 6.84. The smallest absolute Gasteiger partial charge is 0.276 e. The van der Waals surface area contributed by atoms with Gasteiger partial charge >= 0.3 is 0 Å². The summed E-state index contributed by atoms with van der Waals surface area (Å²) in [6.07, 6.45) is 0.931. The van der Waals surface area contributed by atoms with Crippen LogP contribution in [0.3, 0.4) is 0 Å². The molecule has 0 aliphatic heterocycles. The fourth-order valence-electron chi connectivity index (χ4n) is 5.27. The number of hydrogen-bond acceptors (Lipinski definition) is 2. The highest BCUT2D eigenvalue weighted by atomic mass is 16.6. The van der Waals surface area contributed by atoms with E-state index in [1.165, 1.54) is 5.56 Å². The SMILES string of the molecule is CCOC(C)[N+](C)(C)C(Oc1ccccc1)(c1ccccc1)C(C)(C)CC(C)(C)C. The molecule has 0 heterocycles. The van der Waals surface area contributed by atoms with Crippen LogP contribution in [0.5, 0.6) is 5.75 Å².